The molecule has 5 atom stereocenters. The molecular formula is C22H28O8S. The van der Waals surface area contributed by atoms with Crippen molar-refractivity contribution in [2.45, 2.75) is 35.4 Å². The summed E-state index contributed by atoms with van der Waals surface area (Å²) in [5.74, 6) is 2.29. The van der Waals surface area contributed by atoms with Crippen LogP contribution in [0.4, 0.5) is 0 Å². The predicted molar refractivity (Wildman–Crippen MR) is 116 cm³/mol. The number of aliphatic hydroxyl groups is 4. The van der Waals surface area contributed by atoms with E-state index in [0.29, 0.717) is 29.4 Å². The lowest BCUT2D eigenvalue weighted by molar-refractivity contribution is -0.0910. The number of ether oxygens (including phenoxy) is 4. The van der Waals surface area contributed by atoms with Gasteiger partial charge in [0.05, 0.1) is 39.3 Å². The second kappa shape index (κ2) is 10.4. The van der Waals surface area contributed by atoms with Crippen LogP contribution in [-0.4, -0.2) is 77.4 Å². The molecule has 0 spiro atoms. The minimum Gasteiger partial charge on any atom is -0.496 e. The monoisotopic (exact) mass is 452 g/mol. The van der Waals surface area contributed by atoms with Gasteiger partial charge in [-0.2, -0.15) is 0 Å². The zero-order valence-corrected chi connectivity index (χ0v) is 18.4. The lowest BCUT2D eigenvalue weighted by Crippen LogP contribution is -2.55. The Bertz CT molecular complexity index is 849. The van der Waals surface area contributed by atoms with E-state index in [0.717, 1.165) is 22.9 Å². The van der Waals surface area contributed by atoms with Crippen LogP contribution in [0.5, 0.6) is 23.0 Å². The van der Waals surface area contributed by atoms with Gasteiger partial charge in [0, 0.05) is 24.1 Å². The van der Waals surface area contributed by atoms with Crippen LogP contribution in [0.3, 0.4) is 0 Å². The molecule has 1 fully saturated rings. The number of hydrogen-bond acceptors (Lipinski definition) is 9. The Balaban J connectivity index is 1.90. The van der Waals surface area contributed by atoms with E-state index in [1.165, 1.54) is 0 Å². The third kappa shape index (κ3) is 5.02. The van der Waals surface area contributed by atoms with E-state index in [4.69, 9.17) is 18.9 Å². The van der Waals surface area contributed by atoms with Gasteiger partial charge in [-0.05, 0) is 11.6 Å². The number of methoxy groups -OCH3 is 3. The Morgan fingerprint density at radius 2 is 1.48 bits per heavy atom. The fourth-order valence-electron chi connectivity index (χ4n) is 3.50. The molecule has 0 aromatic heterocycles. The molecule has 0 unspecified atom stereocenters. The molecular weight excluding hydrogens is 424 g/mol. The molecule has 31 heavy (non-hydrogen) atoms. The predicted octanol–water partition coefficient (Wildman–Crippen LogP) is 1.20. The summed E-state index contributed by atoms with van der Waals surface area (Å²) in [6.45, 7) is -0.350. The molecule has 0 saturated carbocycles. The number of hydrogen-bond donors (Lipinski definition) is 4. The summed E-state index contributed by atoms with van der Waals surface area (Å²) in [5, 5.41) is 39.4. The highest BCUT2D eigenvalue weighted by Gasteiger charge is 2.44. The Morgan fingerprint density at radius 1 is 0.839 bits per heavy atom. The Hall–Kier alpha value is -2.17. The molecule has 2 aromatic carbocycles. The molecule has 0 aliphatic carbocycles. The third-order valence-corrected chi connectivity index (χ3v) is 6.67. The molecule has 3 rings (SSSR count). The highest BCUT2D eigenvalue weighted by Crippen LogP contribution is 2.39. The normalized spacial score (nSPS) is 25.7. The van der Waals surface area contributed by atoms with Crippen molar-refractivity contribution in [2.75, 3.05) is 27.9 Å². The lowest BCUT2D eigenvalue weighted by Gasteiger charge is -2.39. The first-order valence-corrected chi connectivity index (χ1v) is 10.7. The largest absolute Gasteiger partial charge is 0.496 e. The summed E-state index contributed by atoms with van der Waals surface area (Å²) in [6.07, 6.45) is -3.57. The average Bonchev–Trinajstić information content (AvgIpc) is 2.80. The van der Waals surface area contributed by atoms with Gasteiger partial charge >= 0.3 is 0 Å². The van der Waals surface area contributed by atoms with Gasteiger partial charge in [-0.3, -0.25) is 0 Å². The lowest BCUT2D eigenvalue weighted by atomic mass is 10.0. The first-order valence-electron chi connectivity index (χ1n) is 9.77. The maximum absolute atomic E-state index is 10.4. The fourth-order valence-corrected chi connectivity index (χ4v) is 4.73. The highest BCUT2D eigenvalue weighted by atomic mass is 32.2. The molecule has 4 N–H and O–H groups in total. The standard InChI is InChI=1S/C22H28O8S/c1-27-13-9-16(28-2)14(17(10-13)29-3)8-12-6-4-5-7-15(12)30-22-21(26)20(25)19(24)18(11-23)31-22/h4-7,9-10,18-26H,8,11H2,1-3H3/t18-,19+,20-,21+,22-/m0/s1. The minimum absolute atomic E-state index is 0.350. The minimum atomic E-state index is -1.42. The van der Waals surface area contributed by atoms with Crippen molar-refractivity contribution in [3.63, 3.8) is 0 Å². The van der Waals surface area contributed by atoms with Crippen LogP contribution in [0.15, 0.2) is 36.4 Å². The van der Waals surface area contributed by atoms with Gasteiger partial charge in [-0.1, -0.05) is 18.2 Å². The van der Waals surface area contributed by atoms with Crippen LogP contribution in [0.1, 0.15) is 11.1 Å². The first kappa shape index (κ1) is 23.5. The van der Waals surface area contributed by atoms with Gasteiger partial charge in [-0.25, -0.2) is 0 Å². The molecule has 0 amide bonds. The summed E-state index contributed by atoms with van der Waals surface area (Å²) in [6, 6.07) is 10.8. The second-order valence-electron chi connectivity index (χ2n) is 7.11. The number of aliphatic hydroxyl groups excluding tert-OH is 4. The molecule has 9 heteroatoms. The summed E-state index contributed by atoms with van der Waals surface area (Å²) < 4.78 is 22.4. The Morgan fingerprint density at radius 3 is 2.06 bits per heavy atom. The van der Waals surface area contributed by atoms with Gasteiger partial charge in [0.15, 0.2) is 5.44 Å². The van der Waals surface area contributed by atoms with Crippen LogP contribution >= 0.6 is 11.8 Å². The number of rotatable bonds is 8. The smallest absolute Gasteiger partial charge is 0.173 e. The summed E-state index contributed by atoms with van der Waals surface area (Å²) in [7, 11) is 4.70. The van der Waals surface area contributed by atoms with Crippen molar-refractivity contribution < 1.29 is 39.4 Å². The van der Waals surface area contributed by atoms with Crippen LogP contribution in [0, 0.1) is 0 Å². The van der Waals surface area contributed by atoms with Gasteiger partial charge in [0.2, 0.25) is 0 Å². The van der Waals surface area contributed by atoms with E-state index in [9.17, 15) is 20.4 Å². The van der Waals surface area contributed by atoms with Gasteiger partial charge in [0.1, 0.15) is 35.2 Å². The second-order valence-corrected chi connectivity index (χ2v) is 8.45. The summed E-state index contributed by atoms with van der Waals surface area (Å²) >= 11 is 1.08. The molecule has 8 nitrogen and oxygen atoms in total. The molecule has 1 aliphatic rings. The van der Waals surface area contributed by atoms with Crippen molar-refractivity contribution >= 4 is 11.8 Å². The topological polar surface area (TPSA) is 118 Å². The first-order chi connectivity index (χ1) is 14.9. The van der Waals surface area contributed by atoms with E-state index < -0.39 is 29.0 Å². The van der Waals surface area contributed by atoms with Crippen LogP contribution in [0.2, 0.25) is 0 Å². The van der Waals surface area contributed by atoms with E-state index in [1.807, 2.05) is 12.1 Å². The Kier molecular flexibility index (Phi) is 7.90. The molecule has 0 bridgehead atoms. The van der Waals surface area contributed by atoms with Crippen LogP contribution in [0.25, 0.3) is 0 Å². The average molecular weight is 453 g/mol. The zero-order valence-electron chi connectivity index (χ0n) is 17.6. The fraction of sp³-hybridized carbons (Fsp3) is 0.455. The van der Waals surface area contributed by atoms with E-state index in [-0.39, 0.29) is 6.61 Å². The van der Waals surface area contributed by atoms with Crippen molar-refractivity contribution in [3.8, 4) is 23.0 Å². The SMILES string of the molecule is COc1cc(OC)c(Cc2ccccc2O[C@H]2S[C@@H](CO)[C@@H](O)[C@H](O)[C@H]2O)c(OC)c1. The van der Waals surface area contributed by atoms with Gasteiger partial charge < -0.3 is 39.4 Å². The summed E-state index contributed by atoms with van der Waals surface area (Å²) in [4.78, 5) is 0. The molecule has 2 aromatic rings. The van der Waals surface area contributed by atoms with Crippen molar-refractivity contribution in [1.29, 1.82) is 0 Å². The molecule has 1 saturated heterocycles. The van der Waals surface area contributed by atoms with Crippen molar-refractivity contribution in [1.82, 2.24) is 0 Å². The number of thioether (sulfide) groups is 1. The number of para-hydroxylation sites is 1. The van der Waals surface area contributed by atoms with Crippen LogP contribution in [-0.2, 0) is 6.42 Å². The molecule has 1 heterocycles. The van der Waals surface area contributed by atoms with Gasteiger partial charge in [0.25, 0.3) is 0 Å². The maximum atomic E-state index is 10.4. The molecule has 1 aliphatic heterocycles. The third-order valence-electron chi connectivity index (χ3n) is 5.25. The van der Waals surface area contributed by atoms with Gasteiger partial charge in [-0.15, -0.1) is 11.8 Å². The maximum Gasteiger partial charge on any atom is 0.173 e. The zero-order chi connectivity index (χ0) is 22.5. The van der Waals surface area contributed by atoms with Crippen LogP contribution < -0.4 is 18.9 Å². The summed E-state index contributed by atoms with van der Waals surface area (Å²) in [5.41, 5.74) is 0.733. The van der Waals surface area contributed by atoms with E-state index in [1.54, 1.807) is 45.6 Å². The van der Waals surface area contributed by atoms with E-state index in [2.05, 4.69) is 0 Å². The Labute approximate surface area is 185 Å². The number of benzene rings is 2. The molecule has 170 valence electrons. The van der Waals surface area contributed by atoms with E-state index >= 15 is 0 Å². The van der Waals surface area contributed by atoms with Crippen molar-refractivity contribution in [2.24, 2.45) is 0 Å². The highest BCUT2D eigenvalue weighted by molar-refractivity contribution is 8.00. The van der Waals surface area contributed by atoms with Crippen molar-refractivity contribution in [3.05, 3.63) is 47.5 Å². The quantitative estimate of drug-likeness (QED) is 0.469. The molecule has 0 radical (unpaired) electrons.